The van der Waals surface area contributed by atoms with Gasteiger partial charge in [0.1, 0.15) is 0 Å². The summed E-state index contributed by atoms with van der Waals surface area (Å²) in [4.78, 5) is 15.4. The van der Waals surface area contributed by atoms with Gasteiger partial charge in [0.2, 0.25) is 0 Å². The lowest BCUT2D eigenvalue weighted by Gasteiger charge is -2.10. The lowest BCUT2D eigenvalue weighted by Crippen LogP contribution is -2.21. The lowest BCUT2D eigenvalue weighted by molar-refractivity contribution is -0.139. The minimum absolute atomic E-state index is 0.467. The van der Waals surface area contributed by atoms with Crippen molar-refractivity contribution < 1.29 is 9.90 Å². The highest BCUT2D eigenvalue weighted by atomic mass is 16.4. The van der Waals surface area contributed by atoms with Crippen LogP contribution in [0, 0.1) is 5.92 Å². The van der Waals surface area contributed by atoms with Gasteiger partial charge in [0, 0.05) is 5.71 Å². The van der Waals surface area contributed by atoms with Crippen LogP contribution in [0.2, 0.25) is 0 Å². The molecule has 0 heterocycles. The highest BCUT2D eigenvalue weighted by molar-refractivity contribution is 6.01. The van der Waals surface area contributed by atoms with Gasteiger partial charge in [-0.25, -0.2) is 0 Å². The van der Waals surface area contributed by atoms with E-state index in [0.29, 0.717) is 12.1 Å². The molecule has 0 amide bonds. The first-order valence-electron chi connectivity index (χ1n) is 5.48. The summed E-state index contributed by atoms with van der Waals surface area (Å²) in [7, 11) is 0. The van der Waals surface area contributed by atoms with E-state index in [4.69, 9.17) is 5.11 Å². The maximum absolute atomic E-state index is 11.0. The molecule has 3 nitrogen and oxygen atoms in total. The molecule has 1 N–H and O–H groups in total. The number of aliphatic imine (C=N–C) groups is 1. The number of carboxylic acids is 1. The van der Waals surface area contributed by atoms with Crippen molar-refractivity contribution in [1.82, 2.24) is 0 Å². The largest absolute Gasteiger partial charge is 0.481 e. The summed E-state index contributed by atoms with van der Waals surface area (Å²) in [6.07, 6.45) is 1.48. The third-order valence-corrected chi connectivity index (χ3v) is 2.44. The van der Waals surface area contributed by atoms with E-state index in [1.54, 1.807) is 6.92 Å². The summed E-state index contributed by atoms with van der Waals surface area (Å²) in [6, 6.07) is 9.43. The van der Waals surface area contributed by atoms with Crippen LogP contribution in [0.4, 0.5) is 5.69 Å². The van der Waals surface area contributed by atoms with Crippen LogP contribution in [0.3, 0.4) is 0 Å². The van der Waals surface area contributed by atoms with E-state index in [9.17, 15) is 4.79 Å². The smallest absolute Gasteiger partial charge is 0.312 e. The highest BCUT2D eigenvalue weighted by Gasteiger charge is 2.19. The van der Waals surface area contributed by atoms with Gasteiger partial charge in [-0.1, -0.05) is 31.5 Å². The zero-order chi connectivity index (χ0) is 12.0. The number of nitrogens with zero attached hydrogens (tertiary/aromatic N) is 1. The van der Waals surface area contributed by atoms with Crippen LogP contribution in [0.15, 0.2) is 35.3 Å². The number of carbonyl (C=O) groups is 1. The van der Waals surface area contributed by atoms with Crippen molar-refractivity contribution in [3.63, 3.8) is 0 Å². The lowest BCUT2D eigenvalue weighted by atomic mass is 9.99. The standard InChI is InChI=1S/C13H17NO2/c1-3-7-12(13(15)16)10(2)14-11-8-5-4-6-9-11/h4-6,8-9,12H,3,7H2,1-2H3,(H,15,16)/b14-10-. The molecule has 1 aromatic rings. The normalized spacial score (nSPS) is 13.5. The maximum atomic E-state index is 11.0. The van der Waals surface area contributed by atoms with Gasteiger partial charge in [0.05, 0.1) is 11.6 Å². The van der Waals surface area contributed by atoms with E-state index in [2.05, 4.69) is 4.99 Å². The Bertz CT molecular complexity index is 371. The molecule has 1 atom stereocenters. The fraction of sp³-hybridized carbons (Fsp3) is 0.385. The Morgan fingerprint density at radius 1 is 1.38 bits per heavy atom. The molecule has 0 aliphatic heterocycles. The Morgan fingerprint density at radius 2 is 2.00 bits per heavy atom. The molecule has 0 saturated heterocycles. The quantitative estimate of drug-likeness (QED) is 0.772. The molecule has 1 aromatic carbocycles. The number of carboxylic acid groups (broad SMARTS) is 1. The SMILES string of the molecule is CCCC(C(=O)O)/C(C)=N\c1ccccc1. The van der Waals surface area contributed by atoms with Crippen molar-refractivity contribution in [2.24, 2.45) is 10.9 Å². The number of aliphatic carboxylic acids is 1. The average molecular weight is 219 g/mol. The predicted octanol–water partition coefficient (Wildman–Crippen LogP) is 3.28. The number of para-hydroxylation sites is 1. The minimum atomic E-state index is -0.793. The monoisotopic (exact) mass is 219 g/mol. The molecule has 3 heteroatoms. The van der Waals surface area contributed by atoms with Crippen molar-refractivity contribution >= 4 is 17.4 Å². The molecule has 0 aromatic heterocycles. The van der Waals surface area contributed by atoms with Gasteiger partial charge in [-0.15, -0.1) is 0 Å². The van der Waals surface area contributed by atoms with Gasteiger partial charge in [-0.3, -0.25) is 9.79 Å². The van der Waals surface area contributed by atoms with Crippen molar-refractivity contribution in [2.75, 3.05) is 0 Å². The molecule has 0 spiro atoms. The topological polar surface area (TPSA) is 49.7 Å². The van der Waals surface area contributed by atoms with Crippen LogP contribution in [-0.4, -0.2) is 16.8 Å². The molecule has 0 saturated carbocycles. The molecular weight excluding hydrogens is 202 g/mol. The summed E-state index contributed by atoms with van der Waals surface area (Å²) < 4.78 is 0. The third kappa shape index (κ3) is 3.50. The summed E-state index contributed by atoms with van der Waals surface area (Å²) in [5.74, 6) is -1.26. The second-order valence-electron chi connectivity index (χ2n) is 3.77. The molecule has 1 unspecified atom stereocenters. The zero-order valence-corrected chi connectivity index (χ0v) is 9.68. The summed E-state index contributed by atoms with van der Waals surface area (Å²) in [5, 5.41) is 9.07. The fourth-order valence-corrected chi connectivity index (χ4v) is 1.58. The van der Waals surface area contributed by atoms with Crippen LogP contribution >= 0.6 is 0 Å². The van der Waals surface area contributed by atoms with Gasteiger partial charge >= 0.3 is 5.97 Å². The number of rotatable bonds is 5. The van der Waals surface area contributed by atoms with Gasteiger partial charge in [0.15, 0.2) is 0 Å². The molecule has 86 valence electrons. The predicted molar refractivity (Wildman–Crippen MR) is 65.2 cm³/mol. The van der Waals surface area contributed by atoms with E-state index >= 15 is 0 Å². The van der Waals surface area contributed by atoms with Gasteiger partial charge < -0.3 is 5.11 Å². The van der Waals surface area contributed by atoms with Crippen molar-refractivity contribution in [3.8, 4) is 0 Å². The summed E-state index contributed by atoms with van der Waals surface area (Å²) >= 11 is 0. The highest BCUT2D eigenvalue weighted by Crippen LogP contribution is 2.15. The number of hydrogen-bond donors (Lipinski definition) is 1. The van der Waals surface area contributed by atoms with E-state index < -0.39 is 11.9 Å². The second-order valence-corrected chi connectivity index (χ2v) is 3.77. The molecule has 0 aliphatic rings. The van der Waals surface area contributed by atoms with E-state index in [1.807, 2.05) is 37.3 Å². The van der Waals surface area contributed by atoms with E-state index in [-0.39, 0.29) is 0 Å². The first kappa shape index (κ1) is 12.4. The first-order chi connectivity index (χ1) is 7.65. The third-order valence-electron chi connectivity index (χ3n) is 2.44. The van der Waals surface area contributed by atoms with Crippen LogP contribution < -0.4 is 0 Å². The molecule has 0 fully saturated rings. The Kier molecular flexibility index (Phi) is 4.70. The molecule has 0 radical (unpaired) electrons. The Balaban J connectivity index is 2.86. The van der Waals surface area contributed by atoms with E-state index in [1.165, 1.54) is 0 Å². The summed E-state index contributed by atoms with van der Waals surface area (Å²) in [5.41, 5.74) is 1.47. The number of benzene rings is 1. The van der Waals surface area contributed by atoms with Crippen LogP contribution in [-0.2, 0) is 4.79 Å². The maximum Gasteiger partial charge on any atom is 0.312 e. The second kappa shape index (κ2) is 6.05. The first-order valence-corrected chi connectivity index (χ1v) is 5.48. The average Bonchev–Trinajstić information content (AvgIpc) is 2.26. The molecule has 0 aliphatic carbocycles. The summed E-state index contributed by atoms with van der Waals surface area (Å²) in [6.45, 7) is 3.76. The molecule has 1 rings (SSSR count). The fourth-order valence-electron chi connectivity index (χ4n) is 1.58. The number of hydrogen-bond acceptors (Lipinski definition) is 2. The minimum Gasteiger partial charge on any atom is -0.481 e. The van der Waals surface area contributed by atoms with Gasteiger partial charge in [0.25, 0.3) is 0 Å². The molecule has 0 bridgehead atoms. The molecule has 16 heavy (non-hydrogen) atoms. The van der Waals surface area contributed by atoms with Crippen LogP contribution in [0.5, 0.6) is 0 Å². The Morgan fingerprint density at radius 3 is 2.50 bits per heavy atom. The van der Waals surface area contributed by atoms with Gasteiger partial charge in [-0.05, 0) is 25.5 Å². The van der Waals surface area contributed by atoms with Crippen molar-refractivity contribution in [3.05, 3.63) is 30.3 Å². The molecular formula is C13H17NO2. The van der Waals surface area contributed by atoms with Crippen LogP contribution in [0.1, 0.15) is 26.7 Å². The zero-order valence-electron chi connectivity index (χ0n) is 9.68. The van der Waals surface area contributed by atoms with Crippen molar-refractivity contribution in [1.29, 1.82) is 0 Å². The van der Waals surface area contributed by atoms with E-state index in [0.717, 1.165) is 12.1 Å². The Labute approximate surface area is 95.8 Å². The van der Waals surface area contributed by atoms with Crippen molar-refractivity contribution in [2.45, 2.75) is 26.7 Å². The Hall–Kier alpha value is -1.64. The van der Waals surface area contributed by atoms with Crippen LogP contribution in [0.25, 0.3) is 0 Å². The van der Waals surface area contributed by atoms with Gasteiger partial charge in [-0.2, -0.15) is 0 Å².